The van der Waals surface area contributed by atoms with Crippen LogP contribution in [0.5, 0.6) is 5.75 Å². The maximum Gasteiger partial charge on any atom is 0.137 e. The Balaban J connectivity index is 1.93. The van der Waals surface area contributed by atoms with Crippen LogP contribution in [-0.4, -0.2) is 11.7 Å². The number of rotatable bonds is 2. The van der Waals surface area contributed by atoms with Crippen LogP contribution < -0.4 is 4.74 Å². The highest BCUT2D eigenvalue weighted by molar-refractivity contribution is 9.10. The van der Waals surface area contributed by atoms with E-state index in [2.05, 4.69) is 15.9 Å². The SMILES string of the molecule is OC(c1ccc(F)c(Br)c1)c1ccc2c(c1)CCCO2. The van der Waals surface area contributed by atoms with Gasteiger partial charge in [-0.05, 0) is 69.7 Å². The molecule has 0 saturated heterocycles. The van der Waals surface area contributed by atoms with Crippen molar-refractivity contribution in [2.24, 2.45) is 0 Å². The number of benzene rings is 2. The second-order valence-corrected chi connectivity index (χ2v) is 5.75. The fourth-order valence-electron chi connectivity index (χ4n) is 2.43. The summed E-state index contributed by atoms with van der Waals surface area (Å²) in [5.74, 6) is 0.562. The van der Waals surface area contributed by atoms with Crippen LogP contribution in [0.4, 0.5) is 4.39 Å². The van der Waals surface area contributed by atoms with E-state index in [9.17, 15) is 9.50 Å². The molecule has 0 spiro atoms. The Morgan fingerprint density at radius 1 is 1.15 bits per heavy atom. The maximum atomic E-state index is 13.2. The molecule has 1 unspecified atom stereocenters. The average molecular weight is 337 g/mol. The van der Waals surface area contributed by atoms with E-state index in [1.54, 1.807) is 12.1 Å². The number of hydrogen-bond donors (Lipinski definition) is 1. The van der Waals surface area contributed by atoms with Crippen LogP contribution in [0, 0.1) is 5.82 Å². The molecule has 1 N–H and O–H groups in total. The van der Waals surface area contributed by atoms with Crippen LogP contribution in [0.25, 0.3) is 0 Å². The third-order valence-corrected chi connectivity index (χ3v) is 4.12. The Hall–Kier alpha value is -1.39. The van der Waals surface area contributed by atoms with Gasteiger partial charge in [0, 0.05) is 0 Å². The Labute approximate surface area is 125 Å². The van der Waals surface area contributed by atoms with Crippen molar-refractivity contribution in [1.82, 2.24) is 0 Å². The van der Waals surface area contributed by atoms with Crippen molar-refractivity contribution >= 4 is 15.9 Å². The van der Waals surface area contributed by atoms with Gasteiger partial charge in [0.2, 0.25) is 0 Å². The second-order valence-electron chi connectivity index (χ2n) is 4.90. The van der Waals surface area contributed by atoms with Crippen LogP contribution in [0.2, 0.25) is 0 Å². The lowest BCUT2D eigenvalue weighted by molar-refractivity contribution is 0.219. The molecule has 2 nitrogen and oxygen atoms in total. The van der Waals surface area contributed by atoms with Gasteiger partial charge in [0.1, 0.15) is 17.7 Å². The van der Waals surface area contributed by atoms with Crippen LogP contribution in [0.15, 0.2) is 40.9 Å². The molecule has 1 aliphatic heterocycles. The van der Waals surface area contributed by atoms with Crippen LogP contribution >= 0.6 is 15.9 Å². The van der Waals surface area contributed by atoms with Gasteiger partial charge in [-0.25, -0.2) is 4.39 Å². The van der Waals surface area contributed by atoms with E-state index in [1.165, 1.54) is 6.07 Å². The summed E-state index contributed by atoms with van der Waals surface area (Å²) in [5, 5.41) is 10.4. The van der Waals surface area contributed by atoms with E-state index < -0.39 is 6.10 Å². The summed E-state index contributed by atoms with van der Waals surface area (Å²) in [4.78, 5) is 0. The zero-order valence-corrected chi connectivity index (χ0v) is 12.4. The summed E-state index contributed by atoms with van der Waals surface area (Å²) in [6, 6.07) is 10.3. The van der Waals surface area contributed by atoms with Crippen molar-refractivity contribution in [2.45, 2.75) is 18.9 Å². The minimum absolute atomic E-state index is 0.334. The molecule has 0 amide bonds. The molecule has 20 heavy (non-hydrogen) atoms. The van der Waals surface area contributed by atoms with Gasteiger partial charge in [-0.1, -0.05) is 12.1 Å². The number of aryl methyl sites for hydroxylation is 1. The van der Waals surface area contributed by atoms with E-state index in [0.29, 0.717) is 10.0 Å². The third kappa shape index (κ3) is 2.58. The molecule has 2 aromatic rings. The lowest BCUT2D eigenvalue weighted by Gasteiger charge is -2.19. The van der Waals surface area contributed by atoms with E-state index in [1.807, 2.05) is 18.2 Å². The van der Waals surface area contributed by atoms with E-state index in [0.717, 1.165) is 36.3 Å². The Morgan fingerprint density at radius 3 is 2.70 bits per heavy atom. The largest absolute Gasteiger partial charge is 0.493 e. The van der Waals surface area contributed by atoms with Crippen molar-refractivity contribution < 1.29 is 14.2 Å². The lowest BCUT2D eigenvalue weighted by Crippen LogP contribution is -2.09. The molecule has 3 rings (SSSR count). The minimum atomic E-state index is -0.765. The molecular weight excluding hydrogens is 323 g/mol. The van der Waals surface area contributed by atoms with E-state index in [4.69, 9.17) is 4.74 Å². The van der Waals surface area contributed by atoms with Gasteiger partial charge in [0.25, 0.3) is 0 Å². The van der Waals surface area contributed by atoms with Gasteiger partial charge >= 0.3 is 0 Å². The quantitative estimate of drug-likeness (QED) is 0.898. The Bertz CT molecular complexity index is 642. The molecule has 104 valence electrons. The number of halogens is 2. The first-order valence-corrected chi connectivity index (χ1v) is 7.33. The minimum Gasteiger partial charge on any atom is -0.493 e. The number of aliphatic hydroxyl groups excluding tert-OH is 1. The normalized spacial score (nSPS) is 15.3. The Morgan fingerprint density at radius 2 is 1.90 bits per heavy atom. The summed E-state index contributed by atoms with van der Waals surface area (Å²) in [6.07, 6.45) is 1.19. The highest BCUT2D eigenvalue weighted by atomic mass is 79.9. The van der Waals surface area contributed by atoms with Crippen LogP contribution in [0.3, 0.4) is 0 Å². The van der Waals surface area contributed by atoms with Crippen molar-refractivity contribution in [2.75, 3.05) is 6.61 Å². The van der Waals surface area contributed by atoms with Gasteiger partial charge in [-0.2, -0.15) is 0 Å². The van der Waals surface area contributed by atoms with Crippen LogP contribution in [0.1, 0.15) is 29.2 Å². The van der Waals surface area contributed by atoms with Gasteiger partial charge in [0.05, 0.1) is 11.1 Å². The topological polar surface area (TPSA) is 29.5 Å². The zero-order chi connectivity index (χ0) is 14.1. The summed E-state index contributed by atoms with van der Waals surface area (Å²) < 4.78 is 19.2. The van der Waals surface area contributed by atoms with E-state index >= 15 is 0 Å². The predicted octanol–water partition coefficient (Wildman–Crippen LogP) is 3.99. The summed E-state index contributed by atoms with van der Waals surface area (Å²) in [7, 11) is 0. The van der Waals surface area contributed by atoms with Crippen molar-refractivity contribution in [3.8, 4) is 5.75 Å². The van der Waals surface area contributed by atoms with E-state index in [-0.39, 0.29) is 5.82 Å². The molecule has 1 aliphatic rings. The number of ether oxygens (including phenoxy) is 1. The van der Waals surface area contributed by atoms with Gasteiger partial charge in [-0.15, -0.1) is 0 Å². The molecule has 0 fully saturated rings. The second kappa shape index (κ2) is 5.54. The van der Waals surface area contributed by atoms with Crippen molar-refractivity contribution in [3.63, 3.8) is 0 Å². The molecule has 1 atom stereocenters. The standard InChI is InChI=1S/C16H14BrFO2/c17-13-9-12(3-5-14(13)18)16(19)11-4-6-15-10(8-11)2-1-7-20-15/h3-6,8-9,16,19H,1-2,7H2. The molecular formula is C16H14BrFO2. The highest BCUT2D eigenvalue weighted by Gasteiger charge is 2.16. The first-order chi connectivity index (χ1) is 9.65. The third-order valence-electron chi connectivity index (χ3n) is 3.51. The monoisotopic (exact) mass is 336 g/mol. The first kappa shape index (κ1) is 13.6. The number of fused-ring (bicyclic) bond motifs is 1. The molecule has 4 heteroatoms. The van der Waals surface area contributed by atoms with Crippen molar-refractivity contribution in [1.29, 1.82) is 0 Å². The highest BCUT2D eigenvalue weighted by Crippen LogP contribution is 2.31. The molecule has 1 heterocycles. The number of aliphatic hydroxyl groups is 1. The lowest BCUT2D eigenvalue weighted by atomic mass is 9.97. The van der Waals surface area contributed by atoms with Gasteiger partial charge < -0.3 is 9.84 Å². The van der Waals surface area contributed by atoms with Gasteiger partial charge in [-0.3, -0.25) is 0 Å². The maximum absolute atomic E-state index is 13.2. The Kier molecular flexibility index (Phi) is 3.76. The summed E-state index contributed by atoms with van der Waals surface area (Å²) >= 11 is 3.14. The molecule has 0 saturated carbocycles. The fourth-order valence-corrected chi connectivity index (χ4v) is 2.82. The molecule has 0 radical (unpaired) electrons. The van der Waals surface area contributed by atoms with Crippen LogP contribution in [-0.2, 0) is 6.42 Å². The summed E-state index contributed by atoms with van der Waals surface area (Å²) in [5.41, 5.74) is 2.58. The zero-order valence-electron chi connectivity index (χ0n) is 10.8. The smallest absolute Gasteiger partial charge is 0.137 e. The van der Waals surface area contributed by atoms with Gasteiger partial charge in [0.15, 0.2) is 0 Å². The molecule has 2 aromatic carbocycles. The number of hydrogen-bond acceptors (Lipinski definition) is 2. The average Bonchev–Trinajstić information content (AvgIpc) is 2.49. The molecule has 0 bridgehead atoms. The summed E-state index contributed by atoms with van der Waals surface area (Å²) in [6.45, 7) is 0.750. The molecule has 0 aromatic heterocycles. The fraction of sp³-hybridized carbons (Fsp3) is 0.250. The molecule has 0 aliphatic carbocycles. The van der Waals surface area contributed by atoms with Crippen molar-refractivity contribution in [3.05, 3.63) is 63.4 Å². The first-order valence-electron chi connectivity index (χ1n) is 6.54. The predicted molar refractivity (Wildman–Crippen MR) is 78.4 cm³/mol.